The molecule has 0 aliphatic carbocycles. The molecule has 1 heterocycles. The Morgan fingerprint density at radius 2 is 1.87 bits per heavy atom. The minimum atomic E-state index is -0.510. The van der Waals surface area contributed by atoms with Crippen LogP contribution in [0.5, 0.6) is 0 Å². The van der Waals surface area contributed by atoms with E-state index in [4.69, 9.17) is 16.0 Å². The van der Waals surface area contributed by atoms with Gasteiger partial charge in [0.25, 0.3) is 0 Å². The van der Waals surface area contributed by atoms with Gasteiger partial charge in [0.2, 0.25) is 0 Å². The fourth-order valence-corrected chi connectivity index (χ4v) is 4.22. The number of nitrogens with one attached hydrogen (secondary N) is 1. The summed E-state index contributed by atoms with van der Waals surface area (Å²) in [4.78, 5) is 12.6. The highest BCUT2D eigenvalue weighted by Crippen LogP contribution is 2.35. The molecule has 0 bridgehead atoms. The third-order valence-electron chi connectivity index (χ3n) is 4.58. The summed E-state index contributed by atoms with van der Waals surface area (Å²) >= 11 is 7.91. The number of halogens is 2. The van der Waals surface area contributed by atoms with E-state index >= 15 is 0 Å². The Kier molecular flexibility index (Phi) is 9.43. The van der Waals surface area contributed by atoms with E-state index in [1.165, 1.54) is 11.0 Å². The van der Waals surface area contributed by atoms with Crippen LogP contribution in [0.25, 0.3) is 0 Å². The predicted molar refractivity (Wildman–Crippen MR) is 121 cm³/mol. The van der Waals surface area contributed by atoms with Crippen molar-refractivity contribution in [3.05, 3.63) is 81.6 Å². The molecule has 3 rings (SSSR count). The maximum absolute atomic E-state index is 10.8. The Morgan fingerprint density at radius 3 is 2.55 bits per heavy atom. The number of nitro groups is 1. The predicted octanol–water partition coefficient (Wildman–Crippen LogP) is 3.08. The standard InChI is InChI=1S/C22H25ClN3O3S.BrH/c1-26(2,16-18-10-12-22(29-18)25(27)28)14-6-13-24-20-15-17(23)9-11-21(20)30-19-7-4-3-5-8-19;/h3-5,7-12,15,24H,6,13-14,16H2,1-2H3;1H/q+1;/p-1. The zero-order valence-electron chi connectivity index (χ0n) is 17.4. The van der Waals surface area contributed by atoms with Crippen molar-refractivity contribution in [2.75, 3.05) is 32.5 Å². The number of hydrogen-bond donors (Lipinski definition) is 1. The van der Waals surface area contributed by atoms with Crippen LogP contribution in [0.2, 0.25) is 5.02 Å². The van der Waals surface area contributed by atoms with Gasteiger partial charge in [-0.2, -0.15) is 0 Å². The van der Waals surface area contributed by atoms with Crippen LogP contribution in [0.15, 0.2) is 74.9 Å². The molecule has 0 aliphatic rings. The van der Waals surface area contributed by atoms with Crippen molar-refractivity contribution >= 4 is 34.9 Å². The second-order valence-corrected chi connectivity index (χ2v) is 9.20. The first-order valence-corrected chi connectivity index (χ1v) is 10.8. The zero-order chi connectivity index (χ0) is 21.6. The van der Waals surface area contributed by atoms with Crippen molar-refractivity contribution in [1.82, 2.24) is 0 Å². The maximum Gasteiger partial charge on any atom is 0.433 e. The van der Waals surface area contributed by atoms with Gasteiger partial charge < -0.3 is 31.2 Å². The second kappa shape index (κ2) is 11.6. The first kappa shape index (κ1) is 25.3. The fourth-order valence-electron chi connectivity index (χ4n) is 3.13. The third kappa shape index (κ3) is 7.88. The Labute approximate surface area is 202 Å². The number of hydrogen-bond acceptors (Lipinski definition) is 5. The minimum absolute atomic E-state index is 0. The van der Waals surface area contributed by atoms with Crippen LogP contribution in [-0.2, 0) is 6.54 Å². The highest BCUT2D eigenvalue weighted by Gasteiger charge is 2.20. The molecule has 0 amide bonds. The quantitative estimate of drug-likeness (QED) is 0.190. The summed E-state index contributed by atoms with van der Waals surface area (Å²) in [7, 11) is 4.18. The van der Waals surface area contributed by atoms with Crippen molar-refractivity contribution in [1.29, 1.82) is 0 Å². The third-order valence-corrected chi connectivity index (χ3v) is 5.90. The molecular weight excluding hydrogens is 502 g/mol. The largest absolute Gasteiger partial charge is 1.00 e. The van der Waals surface area contributed by atoms with Crippen LogP contribution >= 0.6 is 23.4 Å². The Balaban J connectivity index is 0.00000341. The van der Waals surface area contributed by atoms with Gasteiger partial charge in [-0.3, -0.25) is 10.1 Å². The highest BCUT2D eigenvalue weighted by atomic mass is 79.9. The van der Waals surface area contributed by atoms with Crippen molar-refractivity contribution in [3.8, 4) is 0 Å². The van der Waals surface area contributed by atoms with Crippen LogP contribution in [-0.4, -0.2) is 36.6 Å². The summed E-state index contributed by atoms with van der Waals surface area (Å²) in [5, 5.41) is 15.0. The SMILES string of the molecule is C[N+](C)(CCCNc1cc(Cl)ccc1Sc1ccccc1)Cc1ccc([N+](=O)[O-])o1.[Br-]. The summed E-state index contributed by atoms with van der Waals surface area (Å²) in [6.07, 6.45) is 0.928. The lowest BCUT2D eigenvalue weighted by atomic mass is 10.3. The lowest BCUT2D eigenvalue weighted by Gasteiger charge is -2.28. The Hall–Kier alpha value is -2.00. The topological polar surface area (TPSA) is 68.3 Å². The second-order valence-electron chi connectivity index (χ2n) is 7.65. The van der Waals surface area contributed by atoms with Gasteiger partial charge in [-0.25, -0.2) is 0 Å². The minimum Gasteiger partial charge on any atom is -1.00 e. The monoisotopic (exact) mass is 525 g/mol. The zero-order valence-corrected chi connectivity index (χ0v) is 20.5. The van der Waals surface area contributed by atoms with Gasteiger partial charge in [0, 0.05) is 33.5 Å². The smallest absolute Gasteiger partial charge is 0.433 e. The lowest BCUT2D eigenvalue weighted by Crippen LogP contribution is -3.00. The van der Waals surface area contributed by atoms with Crippen LogP contribution in [0.1, 0.15) is 12.2 Å². The van der Waals surface area contributed by atoms with E-state index in [0.717, 1.165) is 30.1 Å². The molecule has 9 heteroatoms. The van der Waals surface area contributed by atoms with Crippen LogP contribution in [0.4, 0.5) is 11.6 Å². The number of furan rings is 1. The molecule has 6 nitrogen and oxygen atoms in total. The van der Waals surface area contributed by atoms with E-state index in [1.807, 2.05) is 36.4 Å². The van der Waals surface area contributed by atoms with E-state index in [9.17, 15) is 10.1 Å². The molecule has 166 valence electrons. The molecule has 0 fully saturated rings. The number of rotatable bonds is 10. The van der Waals surface area contributed by atoms with Crippen molar-refractivity contribution in [2.45, 2.75) is 22.8 Å². The summed E-state index contributed by atoms with van der Waals surface area (Å²) in [6, 6.07) is 19.2. The van der Waals surface area contributed by atoms with E-state index in [2.05, 4.69) is 31.5 Å². The average Bonchev–Trinajstić information content (AvgIpc) is 3.16. The average molecular weight is 527 g/mol. The number of nitrogens with zero attached hydrogens (tertiary/aromatic N) is 2. The fraction of sp³-hybridized carbons (Fsp3) is 0.273. The van der Waals surface area contributed by atoms with Crippen molar-refractivity contribution in [3.63, 3.8) is 0 Å². The number of anilines is 1. The van der Waals surface area contributed by atoms with Gasteiger partial charge in [-0.1, -0.05) is 41.6 Å². The Bertz CT molecular complexity index is 999. The van der Waals surface area contributed by atoms with Crippen LogP contribution in [0.3, 0.4) is 0 Å². The molecular formula is C22H25BrClN3O3S. The highest BCUT2D eigenvalue weighted by molar-refractivity contribution is 7.99. The molecule has 0 radical (unpaired) electrons. The molecule has 0 saturated carbocycles. The first-order valence-electron chi connectivity index (χ1n) is 9.64. The summed E-state index contributed by atoms with van der Waals surface area (Å²) in [5.74, 6) is 0.409. The van der Waals surface area contributed by atoms with E-state index in [1.54, 1.807) is 17.8 Å². The molecule has 3 aromatic rings. The summed E-state index contributed by atoms with van der Waals surface area (Å²) in [5.41, 5.74) is 1.02. The van der Waals surface area contributed by atoms with Gasteiger partial charge in [0.15, 0.2) is 5.76 Å². The molecule has 1 N–H and O–H groups in total. The molecule has 2 aromatic carbocycles. The van der Waals surface area contributed by atoms with Gasteiger partial charge in [0.1, 0.15) is 11.5 Å². The summed E-state index contributed by atoms with van der Waals surface area (Å²) < 4.78 is 5.97. The van der Waals surface area contributed by atoms with E-state index < -0.39 is 4.92 Å². The molecule has 0 atom stereocenters. The van der Waals surface area contributed by atoms with Gasteiger partial charge >= 0.3 is 5.88 Å². The maximum atomic E-state index is 10.8. The van der Waals surface area contributed by atoms with Gasteiger partial charge in [-0.05, 0) is 36.4 Å². The summed E-state index contributed by atoms with van der Waals surface area (Å²) in [6.45, 7) is 2.28. The van der Waals surface area contributed by atoms with Crippen LogP contribution in [0, 0.1) is 10.1 Å². The van der Waals surface area contributed by atoms with E-state index in [-0.39, 0.29) is 22.9 Å². The Morgan fingerprint density at radius 1 is 1.13 bits per heavy atom. The van der Waals surface area contributed by atoms with Crippen LogP contribution < -0.4 is 22.3 Å². The number of benzene rings is 2. The van der Waals surface area contributed by atoms with Gasteiger partial charge in [-0.15, -0.1) is 0 Å². The molecule has 31 heavy (non-hydrogen) atoms. The molecule has 0 spiro atoms. The van der Waals surface area contributed by atoms with Crippen molar-refractivity contribution in [2.24, 2.45) is 0 Å². The normalized spacial score (nSPS) is 11.1. The molecule has 0 unspecified atom stereocenters. The molecule has 1 aromatic heterocycles. The molecule has 0 saturated heterocycles. The van der Waals surface area contributed by atoms with Crippen molar-refractivity contribution < 1.29 is 30.8 Å². The number of quaternary nitrogens is 1. The van der Waals surface area contributed by atoms with E-state index in [0.29, 0.717) is 21.8 Å². The lowest BCUT2D eigenvalue weighted by molar-refractivity contribution is -0.904. The van der Waals surface area contributed by atoms with Gasteiger partial charge in [0.05, 0.1) is 26.7 Å². The first-order chi connectivity index (χ1) is 14.3. The molecule has 0 aliphatic heterocycles.